The van der Waals surface area contributed by atoms with Gasteiger partial charge in [0.15, 0.2) is 0 Å². The van der Waals surface area contributed by atoms with Crippen molar-refractivity contribution < 1.29 is 8.83 Å². The van der Waals surface area contributed by atoms with E-state index < -0.39 is 0 Å². The molecule has 0 atom stereocenters. The number of hydrogen-bond acceptors (Lipinski definition) is 5. The summed E-state index contributed by atoms with van der Waals surface area (Å²) in [5.74, 6) is 2.42. The molecule has 0 radical (unpaired) electrons. The molecule has 1 N–H and O–H groups in total. The molecular weight excluding hydrogens is 206 g/mol. The Morgan fingerprint density at radius 3 is 2.81 bits per heavy atom. The molecular formula is C11H15N3O2. The summed E-state index contributed by atoms with van der Waals surface area (Å²) in [4.78, 5) is 0. The van der Waals surface area contributed by atoms with Crippen LogP contribution in [0, 0.1) is 6.92 Å². The minimum absolute atomic E-state index is 0.442. The molecule has 0 spiro atoms. The molecule has 0 aliphatic heterocycles. The van der Waals surface area contributed by atoms with Gasteiger partial charge in [-0.05, 0) is 25.5 Å². The van der Waals surface area contributed by atoms with Crippen LogP contribution in [-0.2, 0) is 13.0 Å². The predicted molar refractivity (Wildman–Crippen MR) is 59.1 cm³/mol. The second-order valence-electron chi connectivity index (χ2n) is 3.62. The number of anilines is 1. The number of aromatic nitrogens is 2. The Morgan fingerprint density at radius 2 is 2.12 bits per heavy atom. The van der Waals surface area contributed by atoms with Crippen LogP contribution in [0.25, 0.3) is 0 Å². The van der Waals surface area contributed by atoms with E-state index in [2.05, 4.69) is 22.4 Å². The van der Waals surface area contributed by atoms with E-state index in [0.29, 0.717) is 18.5 Å². The van der Waals surface area contributed by atoms with Crippen LogP contribution in [0.15, 0.2) is 21.0 Å². The number of hydrogen-bond donors (Lipinski definition) is 1. The molecule has 2 rings (SSSR count). The first kappa shape index (κ1) is 10.7. The molecule has 5 heteroatoms. The lowest BCUT2D eigenvalue weighted by molar-refractivity contribution is 0.477. The molecule has 0 aromatic carbocycles. The third kappa shape index (κ3) is 2.62. The number of aryl methyl sites for hydroxylation is 2. The van der Waals surface area contributed by atoms with Gasteiger partial charge >= 0.3 is 6.01 Å². The molecule has 0 unspecified atom stereocenters. The van der Waals surface area contributed by atoms with Crippen molar-refractivity contribution in [3.63, 3.8) is 0 Å². The maximum absolute atomic E-state index is 5.41. The lowest BCUT2D eigenvalue weighted by Crippen LogP contribution is -1.97. The van der Waals surface area contributed by atoms with Gasteiger partial charge < -0.3 is 14.2 Å². The molecule has 0 aliphatic carbocycles. The SMILES string of the molecule is CCCc1nnc(NCc2ccc(C)o2)o1. The summed E-state index contributed by atoms with van der Waals surface area (Å²) in [5.41, 5.74) is 0. The summed E-state index contributed by atoms with van der Waals surface area (Å²) in [6.45, 7) is 4.54. The average Bonchev–Trinajstić information content (AvgIpc) is 2.85. The lowest BCUT2D eigenvalue weighted by Gasteiger charge is -1.96. The van der Waals surface area contributed by atoms with Crippen LogP contribution in [0.4, 0.5) is 6.01 Å². The quantitative estimate of drug-likeness (QED) is 0.840. The van der Waals surface area contributed by atoms with E-state index in [4.69, 9.17) is 8.83 Å². The number of nitrogens with one attached hydrogen (secondary N) is 1. The van der Waals surface area contributed by atoms with E-state index in [1.165, 1.54) is 0 Å². The molecule has 0 amide bonds. The molecule has 0 saturated heterocycles. The highest BCUT2D eigenvalue weighted by Gasteiger charge is 2.05. The van der Waals surface area contributed by atoms with Crippen molar-refractivity contribution in [2.45, 2.75) is 33.2 Å². The highest BCUT2D eigenvalue weighted by Crippen LogP contribution is 2.11. The topological polar surface area (TPSA) is 64.1 Å². The zero-order valence-corrected chi connectivity index (χ0v) is 9.49. The fourth-order valence-corrected chi connectivity index (χ4v) is 1.38. The Hall–Kier alpha value is -1.78. The third-order valence-electron chi connectivity index (χ3n) is 2.14. The van der Waals surface area contributed by atoms with Crippen molar-refractivity contribution in [1.82, 2.24) is 10.2 Å². The summed E-state index contributed by atoms with van der Waals surface area (Å²) < 4.78 is 10.8. The van der Waals surface area contributed by atoms with Crippen LogP contribution in [-0.4, -0.2) is 10.2 Å². The van der Waals surface area contributed by atoms with Crippen molar-refractivity contribution in [2.75, 3.05) is 5.32 Å². The highest BCUT2D eigenvalue weighted by molar-refractivity contribution is 5.19. The normalized spacial score (nSPS) is 10.6. The highest BCUT2D eigenvalue weighted by atomic mass is 16.4. The molecule has 16 heavy (non-hydrogen) atoms. The second-order valence-corrected chi connectivity index (χ2v) is 3.62. The largest absolute Gasteiger partial charge is 0.465 e. The van der Waals surface area contributed by atoms with Crippen LogP contribution in [0.3, 0.4) is 0 Å². The molecule has 0 fully saturated rings. The van der Waals surface area contributed by atoms with E-state index >= 15 is 0 Å². The van der Waals surface area contributed by atoms with Crippen LogP contribution >= 0.6 is 0 Å². The van der Waals surface area contributed by atoms with Crippen LogP contribution in [0.1, 0.15) is 30.8 Å². The van der Waals surface area contributed by atoms with Gasteiger partial charge in [-0.25, -0.2) is 0 Å². The van der Waals surface area contributed by atoms with E-state index in [1.807, 2.05) is 19.1 Å². The van der Waals surface area contributed by atoms with E-state index in [0.717, 1.165) is 24.4 Å². The molecule has 2 heterocycles. The van der Waals surface area contributed by atoms with Gasteiger partial charge in [-0.1, -0.05) is 12.0 Å². The Balaban J connectivity index is 1.89. The third-order valence-corrected chi connectivity index (χ3v) is 2.14. The molecule has 5 nitrogen and oxygen atoms in total. The first-order valence-corrected chi connectivity index (χ1v) is 5.39. The van der Waals surface area contributed by atoms with Crippen molar-refractivity contribution in [1.29, 1.82) is 0 Å². The summed E-state index contributed by atoms with van der Waals surface area (Å²) >= 11 is 0. The van der Waals surface area contributed by atoms with E-state index in [9.17, 15) is 0 Å². The van der Waals surface area contributed by atoms with Gasteiger partial charge in [0.05, 0.1) is 6.54 Å². The fourth-order valence-electron chi connectivity index (χ4n) is 1.38. The molecule has 86 valence electrons. The van der Waals surface area contributed by atoms with Gasteiger partial charge in [0.1, 0.15) is 11.5 Å². The van der Waals surface area contributed by atoms with Gasteiger partial charge in [-0.2, -0.15) is 0 Å². The van der Waals surface area contributed by atoms with Crippen molar-refractivity contribution >= 4 is 6.01 Å². The molecule has 0 saturated carbocycles. The minimum atomic E-state index is 0.442. The van der Waals surface area contributed by atoms with Gasteiger partial charge in [-0.3, -0.25) is 0 Å². The second kappa shape index (κ2) is 4.83. The Bertz CT molecular complexity index is 448. The number of nitrogens with zero attached hydrogens (tertiary/aromatic N) is 2. The number of furan rings is 1. The van der Waals surface area contributed by atoms with Crippen molar-refractivity contribution in [3.8, 4) is 0 Å². The maximum Gasteiger partial charge on any atom is 0.315 e. The first-order valence-electron chi connectivity index (χ1n) is 5.39. The van der Waals surface area contributed by atoms with Crippen LogP contribution in [0.5, 0.6) is 0 Å². The fraction of sp³-hybridized carbons (Fsp3) is 0.455. The first-order chi connectivity index (χ1) is 7.78. The Kier molecular flexibility index (Phi) is 3.24. The lowest BCUT2D eigenvalue weighted by atomic mass is 10.3. The van der Waals surface area contributed by atoms with Gasteiger partial charge in [0.2, 0.25) is 5.89 Å². The summed E-state index contributed by atoms with van der Waals surface area (Å²) in [5, 5.41) is 10.8. The molecule has 2 aromatic heterocycles. The van der Waals surface area contributed by atoms with Gasteiger partial charge in [0.25, 0.3) is 0 Å². The van der Waals surface area contributed by atoms with Crippen molar-refractivity contribution in [2.24, 2.45) is 0 Å². The monoisotopic (exact) mass is 221 g/mol. The predicted octanol–water partition coefficient (Wildman–Crippen LogP) is 2.54. The Morgan fingerprint density at radius 1 is 1.25 bits per heavy atom. The minimum Gasteiger partial charge on any atom is -0.465 e. The van der Waals surface area contributed by atoms with Gasteiger partial charge in [-0.15, -0.1) is 5.10 Å². The van der Waals surface area contributed by atoms with Crippen LogP contribution in [0.2, 0.25) is 0 Å². The Labute approximate surface area is 93.9 Å². The zero-order valence-electron chi connectivity index (χ0n) is 9.49. The molecule has 2 aromatic rings. The summed E-state index contributed by atoms with van der Waals surface area (Å²) in [7, 11) is 0. The van der Waals surface area contributed by atoms with Gasteiger partial charge in [0, 0.05) is 6.42 Å². The number of rotatable bonds is 5. The summed E-state index contributed by atoms with van der Waals surface area (Å²) in [6, 6.07) is 4.29. The zero-order chi connectivity index (χ0) is 11.4. The average molecular weight is 221 g/mol. The van der Waals surface area contributed by atoms with Crippen molar-refractivity contribution in [3.05, 3.63) is 29.5 Å². The summed E-state index contributed by atoms with van der Waals surface area (Å²) in [6.07, 6.45) is 1.81. The maximum atomic E-state index is 5.41. The molecule has 0 aliphatic rings. The smallest absolute Gasteiger partial charge is 0.315 e. The molecule has 0 bridgehead atoms. The van der Waals surface area contributed by atoms with E-state index in [1.54, 1.807) is 0 Å². The standard InChI is InChI=1S/C11H15N3O2/c1-3-4-10-13-14-11(16-10)12-7-9-6-5-8(2)15-9/h5-6H,3-4,7H2,1-2H3,(H,12,14). The van der Waals surface area contributed by atoms with E-state index in [-0.39, 0.29) is 0 Å². The van der Waals surface area contributed by atoms with Crippen LogP contribution < -0.4 is 5.32 Å².